The van der Waals surface area contributed by atoms with Crippen LogP contribution in [-0.2, 0) is 4.79 Å². The van der Waals surface area contributed by atoms with Crippen molar-refractivity contribution in [3.8, 4) is 5.75 Å². The number of ether oxygens (including phenoxy) is 1. The summed E-state index contributed by atoms with van der Waals surface area (Å²) >= 11 is 0. The van der Waals surface area contributed by atoms with Gasteiger partial charge in [-0.15, -0.1) is 0 Å². The topological polar surface area (TPSA) is 93.6 Å². The summed E-state index contributed by atoms with van der Waals surface area (Å²) in [5.41, 5.74) is 3.79. The number of hydrogen-bond donors (Lipinski definition) is 3. The molecule has 6 nitrogen and oxygen atoms in total. The van der Waals surface area contributed by atoms with Crippen LogP contribution in [0.4, 0.5) is 5.69 Å². The number of anilines is 1. The van der Waals surface area contributed by atoms with Crippen LogP contribution < -0.4 is 26.9 Å². The van der Waals surface area contributed by atoms with Gasteiger partial charge in [-0.1, -0.05) is 6.07 Å². The maximum atomic E-state index is 8.94. The summed E-state index contributed by atoms with van der Waals surface area (Å²) in [6, 6.07) is 5.80. The number of hydrazine groups is 2. The Balaban J connectivity index is 0.000000487. The zero-order chi connectivity index (χ0) is 12.6. The first-order valence-corrected chi connectivity index (χ1v) is 4.60. The molecule has 0 aliphatic heterocycles. The zero-order valence-electron chi connectivity index (χ0n) is 9.73. The number of methoxy groups -OCH3 is 1. The lowest BCUT2D eigenvalue weighted by atomic mass is 10.2. The van der Waals surface area contributed by atoms with Crippen molar-refractivity contribution < 1.29 is 9.53 Å². The van der Waals surface area contributed by atoms with Gasteiger partial charge in [0.1, 0.15) is 5.75 Å². The van der Waals surface area contributed by atoms with Gasteiger partial charge in [-0.2, -0.15) is 0 Å². The fourth-order valence-electron chi connectivity index (χ4n) is 1.21. The number of nitrogens with one attached hydrogen (secondary N) is 1. The van der Waals surface area contributed by atoms with Gasteiger partial charge in [-0.25, -0.2) is 11.7 Å². The second-order valence-electron chi connectivity index (χ2n) is 3.00. The Kier molecular flexibility index (Phi) is 6.66. The average Bonchev–Trinajstić information content (AvgIpc) is 2.29. The minimum atomic E-state index is 0.403. The highest BCUT2D eigenvalue weighted by atomic mass is 16.5. The van der Waals surface area contributed by atoms with Crippen LogP contribution in [0.1, 0.15) is 5.56 Å². The quantitative estimate of drug-likeness (QED) is 0.290. The van der Waals surface area contributed by atoms with Gasteiger partial charge >= 0.3 is 0 Å². The Labute approximate surface area is 95.1 Å². The normalized spacial score (nSPS) is 8.56. The summed E-state index contributed by atoms with van der Waals surface area (Å²) < 4.78 is 5.15. The van der Waals surface area contributed by atoms with Gasteiger partial charge in [0.25, 0.3) is 0 Å². The monoisotopic (exact) mass is 226 g/mol. The highest BCUT2D eigenvalue weighted by Crippen LogP contribution is 2.25. The van der Waals surface area contributed by atoms with Gasteiger partial charge in [0.2, 0.25) is 6.41 Å². The SMILES string of the molecule is COc1cccc(N(C)N)c1C.NNC=O. The van der Waals surface area contributed by atoms with Crippen LogP contribution in [-0.4, -0.2) is 20.6 Å². The summed E-state index contributed by atoms with van der Waals surface area (Å²) in [6.45, 7) is 1.98. The molecule has 1 amide bonds. The van der Waals surface area contributed by atoms with Crippen molar-refractivity contribution in [2.75, 3.05) is 19.2 Å². The van der Waals surface area contributed by atoms with E-state index in [-0.39, 0.29) is 0 Å². The Morgan fingerprint density at radius 3 is 2.44 bits per heavy atom. The lowest BCUT2D eigenvalue weighted by Crippen LogP contribution is -2.25. The average molecular weight is 226 g/mol. The number of rotatable bonds is 3. The van der Waals surface area contributed by atoms with E-state index in [1.165, 1.54) is 0 Å². The van der Waals surface area contributed by atoms with Gasteiger partial charge in [-0.3, -0.25) is 10.2 Å². The molecule has 0 radical (unpaired) electrons. The van der Waals surface area contributed by atoms with E-state index < -0.39 is 0 Å². The molecule has 0 spiro atoms. The molecular weight excluding hydrogens is 208 g/mol. The molecule has 90 valence electrons. The molecule has 0 saturated heterocycles. The Bertz CT molecular complexity index is 329. The molecular formula is C10H18N4O2. The highest BCUT2D eigenvalue weighted by molar-refractivity contribution is 5.57. The summed E-state index contributed by atoms with van der Waals surface area (Å²) in [4.78, 5) is 8.94. The van der Waals surface area contributed by atoms with Crippen LogP contribution >= 0.6 is 0 Å². The first-order valence-electron chi connectivity index (χ1n) is 4.60. The van der Waals surface area contributed by atoms with Crippen LogP contribution in [0.15, 0.2) is 18.2 Å². The van der Waals surface area contributed by atoms with Crippen LogP contribution in [0.5, 0.6) is 5.75 Å². The minimum absolute atomic E-state index is 0.403. The fraction of sp³-hybridized carbons (Fsp3) is 0.300. The van der Waals surface area contributed by atoms with E-state index in [1.807, 2.05) is 32.2 Å². The fourth-order valence-corrected chi connectivity index (χ4v) is 1.21. The molecule has 0 unspecified atom stereocenters. The maximum Gasteiger partial charge on any atom is 0.221 e. The molecule has 1 aromatic carbocycles. The summed E-state index contributed by atoms with van der Waals surface area (Å²) in [5.74, 6) is 10.9. The molecule has 0 saturated carbocycles. The van der Waals surface area contributed by atoms with Crippen LogP contribution in [0.2, 0.25) is 0 Å². The van der Waals surface area contributed by atoms with E-state index in [0.29, 0.717) is 6.41 Å². The van der Waals surface area contributed by atoms with E-state index in [1.54, 1.807) is 17.5 Å². The molecule has 0 aliphatic carbocycles. The van der Waals surface area contributed by atoms with E-state index in [9.17, 15) is 0 Å². The van der Waals surface area contributed by atoms with Gasteiger partial charge in [0.15, 0.2) is 0 Å². The van der Waals surface area contributed by atoms with Crippen LogP contribution in [0, 0.1) is 6.92 Å². The number of benzene rings is 1. The van der Waals surface area contributed by atoms with Crippen molar-refractivity contribution in [3.05, 3.63) is 23.8 Å². The number of hydrogen-bond acceptors (Lipinski definition) is 5. The molecule has 0 heterocycles. The summed E-state index contributed by atoms with van der Waals surface area (Å²) in [7, 11) is 3.46. The Morgan fingerprint density at radius 2 is 2.06 bits per heavy atom. The third kappa shape index (κ3) is 4.16. The molecule has 0 bridgehead atoms. The standard InChI is InChI=1S/C9H14N2O.CH4N2O/c1-7-8(11(2)10)5-4-6-9(7)12-3;2-3-1-4/h4-6H,10H2,1-3H3;1H,2H2,(H,3,4). The van der Waals surface area contributed by atoms with Crippen molar-refractivity contribution >= 4 is 12.1 Å². The first-order chi connectivity index (χ1) is 7.58. The maximum absolute atomic E-state index is 8.94. The molecule has 0 aromatic heterocycles. The second-order valence-corrected chi connectivity index (χ2v) is 3.00. The third-order valence-corrected chi connectivity index (χ3v) is 1.92. The number of nitrogens with two attached hydrogens (primary N) is 2. The largest absolute Gasteiger partial charge is 0.496 e. The minimum Gasteiger partial charge on any atom is -0.496 e. The van der Waals surface area contributed by atoms with Crippen molar-refractivity contribution in [1.29, 1.82) is 0 Å². The van der Waals surface area contributed by atoms with Gasteiger partial charge in [-0.05, 0) is 19.1 Å². The van der Waals surface area contributed by atoms with Crippen molar-refractivity contribution in [2.24, 2.45) is 11.7 Å². The predicted molar refractivity (Wildman–Crippen MR) is 63.7 cm³/mol. The predicted octanol–water partition coefficient (Wildman–Crippen LogP) is -0.0804. The molecule has 0 atom stereocenters. The lowest BCUT2D eigenvalue weighted by Gasteiger charge is -2.16. The van der Waals surface area contributed by atoms with Crippen molar-refractivity contribution in [1.82, 2.24) is 5.43 Å². The Morgan fingerprint density at radius 1 is 1.50 bits per heavy atom. The first kappa shape index (κ1) is 14.2. The molecule has 16 heavy (non-hydrogen) atoms. The summed E-state index contributed by atoms with van der Waals surface area (Å²) in [5, 5.41) is 1.58. The molecule has 1 rings (SSSR count). The third-order valence-electron chi connectivity index (χ3n) is 1.92. The lowest BCUT2D eigenvalue weighted by molar-refractivity contribution is -0.109. The number of amides is 1. The molecule has 0 aliphatic rings. The molecule has 6 heteroatoms. The highest BCUT2D eigenvalue weighted by Gasteiger charge is 2.04. The van der Waals surface area contributed by atoms with E-state index in [4.69, 9.17) is 15.4 Å². The zero-order valence-corrected chi connectivity index (χ0v) is 9.73. The molecule has 5 N–H and O–H groups in total. The van der Waals surface area contributed by atoms with E-state index in [0.717, 1.165) is 17.0 Å². The van der Waals surface area contributed by atoms with Crippen LogP contribution in [0.25, 0.3) is 0 Å². The molecule has 0 fully saturated rings. The Hall–Kier alpha value is -1.79. The second kappa shape index (κ2) is 7.49. The number of carbonyl (C=O) groups is 1. The van der Waals surface area contributed by atoms with Crippen molar-refractivity contribution in [3.63, 3.8) is 0 Å². The smallest absolute Gasteiger partial charge is 0.221 e. The van der Waals surface area contributed by atoms with Gasteiger partial charge < -0.3 is 9.75 Å². The van der Waals surface area contributed by atoms with Crippen LogP contribution in [0.3, 0.4) is 0 Å². The summed E-state index contributed by atoms with van der Waals surface area (Å²) in [6.07, 6.45) is 0.403. The number of carbonyl (C=O) groups excluding carboxylic acids is 1. The van der Waals surface area contributed by atoms with Gasteiger partial charge in [0.05, 0.1) is 12.8 Å². The van der Waals surface area contributed by atoms with E-state index in [2.05, 4.69) is 5.84 Å². The van der Waals surface area contributed by atoms with Crippen molar-refractivity contribution in [2.45, 2.75) is 6.92 Å². The molecule has 1 aromatic rings. The van der Waals surface area contributed by atoms with Gasteiger partial charge in [0, 0.05) is 12.6 Å². The van der Waals surface area contributed by atoms with E-state index >= 15 is 0 Å². The number of nitrogens with zero attached hydrogens (tertiary/aromatic N) is 1.